The van der Waals surface area contributed by atoms with Crippen LogP contribution in [0.15, 0.2) is 24.3 Å². The topological polar surface area (TPSA) is 30.5 Å². The second-order valence-corrected chi connectivity index (χ2v) is 4.91. The molecule has 0 aromatic heterocycles. The second-order valence-electron chi connectivity index (χ2n) is 4.91. The van der Waals surface area contributed by atoms with E-state index in [-0.39, 0.29) is 0 Å². The van der Waals surface area contributed by atoms with E-state index in [0.717, 1.165) is 25.2 Å². The number of hydrogen-bond acceptors (Lipinski definition) is 3. The van der Waals surface area contributed by atoms with Crippen LogP contribution < -0.4 is 10.1 Å². The molecule has 0 saturated heterocycles. The van der Waals surface area contributed by atoms with Crippen molar-refractivity contribution in [2.45, 2.75) is 44.9 Å². The minimum atomic E-state index is 0.354. The highest BCUT2D eigenvalue weighted by Crippen LogP contribution is 2.27. The lowest BCUT2D eigenvalue weighted by atomic mass is 9.88. The van der Waals surface area contributed by atoms with Gasteiger partial charge in [-0.3, -0.25) is 0 Å². The molecule has 100 valence electrons. The van der Waals surface area contributed by atoms with E-state index in [2.05, 4.69) is 31.3 Å². The first kappa shape index (κ1) is 13.4. The molecule has 0 spiro atoms. The molecule has 3 heteroatoms. The van der Waals surface area contributed by atoms with Gasteiger partial charge in [0.1, 0.15) is 5.75 Å². The van der Waals surface area contributed by atoms with Crippen molar-refractivity contribution < 1.29 is 9.47 Å². The number of hydrogen-bond donors (Lipinski definition) is 1. The molecule has 1 aromatic rings. The first-order valence-corrected chi connectivity index (χ1v) is 6.74. The first-order valence-electron chi connectivity index (χ1n) is 6.74. The molecule has 1 aromatic carbocycles. The average molecular weight is 249 g/mol. The van der Waals surface area contributed by atoms with Gasteiger partial charge in [0, 0.05) is 18.7 Å². The minimum Gasteiger partial charge on any atom is -0.497 e. The zero-order valence-electron chi connectivity index (χ0n) is 11.5. The SMILES string of the molecule is CCOC1CC(N[C@H](C)c2cccc(OC)c2)C1. The maximum atomic E-state index is 5.57. The summed E-state index contributed by atoms with van der Waals surface area (Å²) in [5, 5.41) is 3.64. The van der Waals surface area contributed by atoms with E-state index in [9.17, 15) is 0 Å². The van der Waals surface area contributed by atoms with Crippen LogP contribution in [0.2, 0.25) is 0 Å². The smallest absolute Gasteiger partial charge is 0.119 e. The van der Waals surface area contributed by atoms with Gasteiger partial charge >= 0.3 is 0 Å². The normalized spacial score (nSPS) is 24.4. The highest BCUT2D eigenvalue weighted by Gasteiger charge is 2.30. The Morgan fingerprint density at radius 1 is 1.39 bits per heavy atom. The molecule has 0 unspecified atom stereocenters. The monoisotopic (exact) mass is 249 g/mol. The third-order valence-corrected chi connectivity index (χ3v) is 3.58. The fraction of sp³-hybridized carbons (Fsp3) is 0.600. The molecule has 0 amide bonds. The summed E-state index contributed by atoms with van der Waals surface area (Å²) in [6.07, 6.45) is 2.72. The second kappa shape index (κ2) is 6.21. The van der Waals surface area contributed by atoms with Crippen molar-refractivity contribution >= 4 is 0 Å². The first-order chi connectivity index (χ1) is 8.72. The molecule has 0 radical (unpaired) electrons. The van der Waals surface area contributed by atoms with Crippen LogP contribution in [0.3, 0.4) is 0 Å². The van der Waals surface area contributed by atoms with E-state index >= 15 is 0 Å². The summed E-state index contributed by atoms with van der Waals surface area (Å²) in [5.74, 6) is 0.918. The van der Waals surface area contributed by atoms with Gasteiger partial charge in [0.15, 0.2) is 0 Å². The Morgan fingerprint density at radius 3 is 2.83 bits per heavy atom. The fourth-order valence-corrected chi connectivity index (χ4v) is 2.43. The average Bonchev–Trinajstić information content (AvgIpc) is 2.36. The molecule has 1 N–H and O–H groups in total. The Balaban J connectivity index is 1.83. The summed E-state index contributed by atoms with van der Waals surface area (Å²) in [6.45, 7) is 5.07. The number of ether oxygens (including phenoxy) is 2. The zero-order valence-corrected chi connectivity index (χ0v) is 11.5. The molecule has 0 aliphatic heterocycles. The van der Waals surface area contributed by atoms with Crippen LogP contribution in [0.25, 0.3) is 0 Å². The minimum absolute atomic E-state index is 0.354. The van der Waals surface area contributed by atoms with Gasteiger partial charge in [0.05, 0.1) is 13.2 Å². The van der Waals surface area contributed by atoms with E-state index in [1.165, 1.54) is 5.56 Å². The summed E-state index contributed by atoms with van der Waals surface area (Å²) in [6, 6.07) is 9.19. The summed E-state index contributed by atoms with van der Waals surface area (Å²) in [5.41, 5.74) is 1.27. The van der Waals surface area contributed by atoms with Gasteiger partial charge in [-0.1, -0.05) is 12.1 Å². The zero-order chi connectivity index (χ0) is 13.0. The van der Waals surface area contributed by atoms with Crippen molar-refractivity contribution in [3.8, 4) is 5.75 Å². The molecule has 1 aliphatic rings. The molecule has 0 heterocycles. The molecule has 18 heavy (non-hydrogen) atoms. The van der Waals surface area contributed by atoms with Crippen molar-refractivity contribution in [1.82, 2.24) is 5.32 Å². The third kappa shape index (κ3) is 3.24. The Bertz CT molecular complexity index is 375. The standard InChI is InChI=1S/C15H23NO2/c1-4-18-15-9-13(10-15)16-11(2)12-6-5-7-14(8-12)17-3/h5-8,11,13,15-16H,4,9-10H2,1-3H3/t11-,13?,15?/m1/s1. The Hall–Kier alpha value is -1.06. The van der Waals surface area contributed by atoms with Gasteiger partial charge in [-0.15, -0.1) is 0 Å². The van der Waals surface area contributed by atoms with E-state index in [1.807, 2.05) is 12.1 Å². The Kier molecular flexibility index (Phi) is 4.61. The van der Waals surface area contributed by atoms with Gasteiger partial charge in [-0.25, -0.2) is 0 Å². The van der Waals surface area contributed by atoms with E-state index in [0.29, 0.717) is 18.2 Å². The van der Waals surface area contributed by atoms with Crippen molar-refractivity contribution in [2.24, 2.45) is 0 Å². The van der Waals surface area contributed by atoms with Crippen LogP contribution in [-0.4, -0.2) is 25.9 Å². The molecule has 0 bridgehead atoms. The predicted octanol–water partition coefficient (Wildman–Crippen LogP) is 2.91. The van der Waals surface area contributed by atoms with Crippen LogP contribution in [-0.2, 0) is 4.74 Å². The predicted molar refractivity (Wildman–Crippen MR) is 73.0 cm³/mol. The number of rotatable bonds is 6. The summed E-state index contributed by atoms with van der Waals surface area (Å²) < 4.78 is 10.8. The number of benzene rings is 1. The third-order valence-electron chi connectivity index (χ3n) is 3.58. The van der Waals surface area contributed by atoms with Crippen molar-refractivity contribution in [1.29, 1.82) is 0 Å². The van der Waals surface area contributed by atoms with Gasteiger partial charge in [-0.2, -0.15) is 0 Å². The molecule has 1 atom stereocenters. The van der Waals surface area contributed by atoms with E-state index in [4.69, 9.17) is 9.47 Å². The lowest BCUT2D eigenvalue weighted by Gasteiger charge is -2.37. The summed E-state index contributed by atoms with van der Waals surface area (Å²) >= 11 is 0. The lowest BCUT2D eigenvalue weighted by molar-refractivity contribution is -0.0120. The van der Waals surface area contributed by atoms with Gasteiger partial charge < -0.3 is 14.8 Å². The Labute approximate surface area is 109 Å². The number of nitrogens with one attached hydrogen (secondary N) is 1. The van der Waals surface area contributed by atoms with Crippen molar-refractivity contribution in [3.63, 3.8) is 0 Å². The fourth-order valence-electron chi connectivity index (χ4n) is 2.43. The summed E-state index contributed by atoms with van der Waals surface area (Å²) in [7, 11) is 1.70. The number of methoxy groups -OCH3 is 1. The Morgan fingerprint density at radius 2 is 2.17 bits per heavy atom. The largest absolute Gasteiger partial charge is 0.497 e. The van der Waals surface area contributed by atoms with Crippen LogP contribution in [0, 0.1) is 0 Å². The molecular weight excluding hydrogens is 226 g/mol. The molecule has 1 saturated carbocycles. The van der Waals surface area contributed by atoms with E-state index < -0.39 is 0 Å². The van der Waals surface area contributed by atoms with Gasteiger partial charge in [-0.05, 0) is 44.4 Å². The van der Waals surface area contributed by atoms with Crippen LogP contribution in [0.4, 0.5) is 0 Å². The maximum absolute atomic E-state index is 5.57. The molecular formula is C15H23NO2. The van der Waals surface area contributed by atoms with E-state index in [1.54, 1.807) is 7.11 Å². The molecule has 2 rings (SSSR count). The van der Waals surface area contributed by atoms with Crippen molar-refractivity contribution in [2.75, 3.05) is 13.7 Å². The maximum Gasteiger partial charge on any atom is 0.119 e. The van der Waals surface area contributed by atoms with Crippen LogP contribution >= 0.6 is 0 Å². The molecule has 1 fully saturated rings. The quantitative estimate of drug-likeness (QED) is 0.841. The van der Waals surface area contributed by atoms with Gasteiger partial charge in [0.25, 0.3) is 0 Å². The highest BCUT2D eigenvalue weighted by atomic mass is 16.5. The van der Waals surface area contributed by atoms with Crippen LogP contribution in [0.1, 0.15) is 38.3 Å². The highest BCUT2D eigenvalue weighted by molar-refractivity contribution is 5.30. The van der Waals surface area contributed by atoms with Gasteiger partial charge in [0.2, 0.25) is 0 Å². The summed E-state index contributed by atoms with van der Waals surface area (Å²) in [4.78, 5) is 0. The molecule has 1 aliphatic carbocycles. The van der Waals surface area contributed by atoms with Crippen molar-refractivity contribution in [3.05, 3.63) is 29.8 Å². The van der Waals surface area contributed by atoms with Crippen LogP contribution in [0.5, 0.6) is 5.75 Å². The molecule has 3 nitrogen and oxygen atoms in total. The lowest BCUT2D eigenvalue weighted by Crippen LogP contribution is -2.46.